The first-order valence-electron chi connectivity index (χ1n) is 6.27. The summed E-state index contributed by atoms with van der Waals surface area (Å²) in [7, 11) is 1.63. The number of nitrogens with zero attached hydrogens (tertiary/aromatic N) is 2. The first-order chi connectivity index (χ1) is 10.0. The lowest BCUT2D eigenvalue weighted by Gasteiger charge is -2.10. The van der Waals surface area contributed by atoms with Gasteiger partial charge in [-0.05, 0) is 32.0 Å². The van der Waals surface area contributed by atoms with E-state index in [0.29, 0.717) is 15.9 Å². The summed E-state index contributed by atoms with van der Waals surface area (Å²) < 4.78 is 5.35. The molecule has 0 amide bonds. The standard InChI is InChI=1S/C15H15Cl2N3O/c1-9-4-5-14(21-3)12(6-9)10(2)19-20-15-13(17)7-11(16)8-18-15/h4-8H,1-3H3,(H,18,20)/b19-10-. The first kappa shape index (κ1) is 15.6. The zero-order chi connectivity index (χ0) is 15.4. The smallest absolute Gasteiger partial charge is 0.165 e. The van der Waals surface area contributed by atoms with Crippen molar-refractivity contribution in [2.24, 2.45) is 5.10 Å². The Morgan fingerprint density at radius 1 is 1.29 bits per heavy atom. The monoisotopic (exact) mass is 323 g/mol. The maximum atomic E-state index is 6.04. The second-order valence-electron chi connectivity index (χ2n) is 4.50. The molecule has 0 aliphatic heterocycles. The fraction of sp³-hybridized carbons (Fsp3) is 0.200. The summed E-state index contributed by atoms with van der Waals surface area (Å²) in [6, 6.07) is 7.52. The summed E-state index contributed by atoms with van der Waals surface area (Å²) >= 11 is 11.8. The number of pyridine rings is 1. The predicted octanol–water partition coefficient (Wildman–Crippen LogP) is 4.54. The van der Waals surface area contributed by atoms with Crippen LogP contribution in [0.2, 0.25) is 10.0 Å². The summed E-state index contributed by atoms with van der Waals surface area (Å²) in [6.07, 6.45) is 1.51. The number of aryl methyl sites for hydroxylation is 1. The molecule has 0 bridgehead atoms. The van der Waals surface area contributed by atoms with Crippen LogP contribution in [-0.4, -0.2) is 17.8 Å². The minimum absolute atomic E-state index is 0.412. The van der Waals surface area contributed by atoms with Crippen molar-refractivity contribution in [2.75, 3.05) is 12.5 Å². The largest absolute Gasteiger partial charge is 0.496 e. The Morgan fingerprint density at radius 3 is 2.71 bits per heavy atom. The lowest BCUT2D eigenvalue weighted by Crippen LogP contribution is -2.04. The number of rotatable bonds is 4. The van der Waals surface area contributed by atoms with Gasteiger partial charge >= 0.3 is 0 Å². The average Bonchev–Trinajstić information content (AvgIpc) is 2.46. The van der Waals surface area contributed by atoms with E-state index in [1.165, 1.54) is 6.20 Å². The van der Waals surface area contributed by atoms with Gasteiger partial charge < -0.3 is 4.74 Å². The SMILES string of the molecule is COc1ccc(C)cc1/C(C)=N\Nc1ncc(Cl)cc1Cl. The molecule has 0 fully saturated rings. The zero-order valence-corrected chi connectivity index (χ0v) is 13.5. The van der Waals surface area contributed by atoms with Crippen LogP contribution in [0, 0.1) is 6.92 Å². The van der Waals surface area contributed by atoms with E-state index < -0.39 is 0 Å². The van der Waals surface area contributed by atoms with E-state index in [4.69, 9.17) is 27.9 Å². The summed E-state index contributed by atoms with van der Waals surface area (Å²) in [6.45, 7) is 3.90. The molecule has 2 aromatic rings. The molecule has 0 saturated carbocycles. The molecule has 1 aromatic heterocycles. The van der Waals surface area contributed by atoms with Crippen LogP contribution in [0.25, 0.3) is 0 Å². The van der Waals surface area contributed by atoms with Crippen LogP contribution in [-0.2, 0) is 0 Å². The lowest BCUT2D eigenvalue weighted by atomic mass is 10.1. The van der Waals surface area contributed by atoms with Crippen LogP contribution in [0.15, 0.2) is 35.6 Å². The van der Waals surface area contributed by atoms with Crippen molar-refractivity contribution >= 4 is 34.7 Å². The molecule has 4 nitrogen and oxygen atoms in total. The molecule has 0 unspecified atom stereocenters. The number of anilines is 1. The normalized spacial score (nSPS) is 11.4. The molecule has 110 valence electrons. The van der Waals surface area contributed by atoms with Crippen molar-refractivity contribution < 1.29 is 4.74 Å². The number of benzene rings is 1. The zero-order valence-electron chi connectivity index (χ0n) is 11.9. The number of hydrogen-bond acceptors (Lipinski definition) is 4. The van der Waals surface area contributed by atoms with Gasteiger partial charge in [-0.15, -0.1) is 0 Å². The Kier molecular flexibility index (Phi) is 5.04. The van der Waals surface area contributed by atoms with Gasteiger partial charge in [0.15, 0.2) is 5.82 Å². The summed E-state index contributed by atoms with van der Waals surface area (Å²) in [5, 5.41) is 5.19. The molecule has 6 heteroatoms. The molecular weight excluding hydrogens is 309 g/mol. The van der Waals surface area contributed by atoms with Crippen molar-refractivity contribution in [3.63, 3.8) is 0 Å². The van der Waals surface area contributed by atoms with Gasteiger partial charge in [0, 0.05) is 11.8 Å². The van der Waals surface area contributed by atoms with Gasteiger partial charge in [-0.1, -0.05) is 34.8 Å². The Labute approximate surface area is 133 Å². The molecule has 0 aliphatic carbocycles. The van der Waals surface area contributed by atoms with E-state index in [-0.39, 0.29) is 0 Å². The summed E-state index contributed by atoms with van der Waals surface area (Å²) in [4.78, 5) is 4.09. The van der Waals surface area contributed by atoms with Gasteiger partial charge in [0.2, 0.25) is 0 Å². The molecule has 0 saturated heterocycles. The third-order valence-corrected chi connectivity index (χ3v) is 3.38. The van der Waals surface area contributed by atoms with Crippen molar-refractivity contribution in [1.29, 1.82) is 0 Å². The van der Waals surface area contributed by atoms with E-state index in [2.05, 4.69) is 15.5 Å². The molecule has 1 aromatic carbocycles. The second-order valence-corrected chi connectivity index (χ2v) is 5.34. The van der Waals surface area contributed by atoms with E-state index in [0.717, 1.165) is 22.6 Å². The molecule has 21 heavy (non-hydrogen) atoms. The highest BCUT2D eigenvalue weighted by atomic mass is 35.5. The van der Waals surface area contributed by atoms with Crippen LogP contribution in [0.4, 0.5) is 5.82 Å². The highest BCUT2D eigenvalue weighted by Crippen LogP contribution is 2.24. The molecule has 0 atom stereocenters. The quantitative estimate of drug-likeness (QED) is 0.663. The highest BCUT2D eigenvalue weighted by Gasteiger charge is 2.07. The second kappa shape index (κ2) is 6.78. The number of hydrazone groups is 1. The number of aromatic nitrogens is 1. The number of methoxy groups -OCH3 is 1. The number of ether oxygens (including phenoxy) is 1. The van der Waals surface area contributed by atoms with Gasteiger partial charge in [0.25, 0.3) is 0 Å². The highest BCUT2D eigenvalue weighted by molar-refractivity contribution is 6.35. The first-order valence-corrected chi connectivity index (χ1v) is 7.03. The fourth-order valence-electron chi connectivity index (χ4n) is 1.80. The van der Waals surface area contributed by atoms with Gasteiger partial charge in [-0.2, -0.15) is 5.10 Å². The molecule has 0 radical (unpaired) electrons. The van der Waals surface area contributed by atoms with Crippen LogP contribution in [0.5, 0.6) is 5.75 Å². The van der Waals surface area contributed by atoms with Crippen LogP contribution < -0.4 is 10.2 Å². The maximum absolute atomic E-state index is 6.04. The molecule has 0 aliphatic rings. The molecular formula is C15H15Cl2N3O. The van der Waals surface area contributed by atoms with Gasteiger partial charge in [0.1, 0.15) is 5.75 Å². The summed E-state index contributed by atoms with van der Waals surface area (Å²) in [5.41, 5.74) is 5.65. The van der Waals surface area contributed by atoms with Crippen molar-refractivity contribution in [1.82, 2.24) is 4.98 Å². The van der Waals surface area contributed by atoms with Crippen molar-refractivity contribution in [2.45, 2.75) is 13.8 Å². The Morgan fingerprint density at radius 2 is 2.05 bits per heavy atom. The van der Waals surface area contributed by atoms with Crippen LogP contribution >= 0.6 is 23.2 Å². The Bertz CT molecular complexity index is 687. The minimum atomic E-state index is 0.412. The predicted molar refractivity (Wildman–Crippen MR) is 87.8 cm³/mol. The van der Waals surface area contributed by atoms with E-state index in [9.17, 15) is 0 Å². The van der Waals surface area contributed by atoms with Crippen LogP contribution in [0.3, 0.4) is 0 Å². The molecule has 1 N–H and O–H groups in total. The number of nitrogens with one attached hydrogen (secondary N) is 1. The Balaban J connectivity index is 2.27. The number of hydrogen-bond donors (Lipinski definition) is 1. The minimum Gasteiger partial charge on any atom is -0.496 e. The third-order valence-electron chi connectivity index (χ3n) is 2.88. The van der Waals surface area contributed by atoms with E-state index >= 15 is 0 Å². The molecule has 2 rings (SSSR count). The average molecular weight is 324 g/mol. The summed E-state index contributed by atoms with van der Waals surface area (Å²) in [5.74, 6) is 1.21. The molecule has 1 heterocycles. The van der Waals surface area contributed by atoms with Gasteiger partial charge in [0.05, 0.1) is 22.9 Å². The van der Waals surface area contributed by atoms with Gasteiger partial charge in [-0.25, -0.2) is 4.98 Å². The maximum Gasteiger partial charge on any atom is 0.165 e. The van der Waals surface area contributed by atoms with E-state index in [1.54, 1.807) is 13.2 Å². The third kappa shape index (κ3) is 3.86. The number of halogens is 2. The van der Waals surface area contributed by atoms with Crippen LogP contribution in [0.1, 0.15) is 18.1 Å². The van der Waals surface area contributed by atoms with E-state index in [1.807, 2.05) is 32.0 Å². The van der Waals surface area contributed by atoms with Crippen molar-refractivity contribution in [3.8, 4) is 5.75 Å². The Hall–Kier alpha value is -1.78. The van der Waals surface area contributed by atoms with Gasteiger partial charge in [-0.3, -0.25) is 5.43 Å². The lowest BCUT2D eigenvalue weighted by molar-refractivity contribution is 0.414. The topological polar surface area (TPSA) is 46.5 Å². The fourth-order valence-corrected chi connectivity index (χ4v) is 2.22. The molecule has 0 spiro atoms. The van der Waals surface area contributed by atoms with Crippen molar-refractivity contribution in [3.05, 3.63) is 51.6 Å².